The maximum Gasteiger partial charge on any atom is 0.514 e. The van der Waals surface area contributed by atoms with E-state index in [9.17, 15) is 4.79 Å². The minimum absolute atomic E-state index is 0.0875. The number of carbonyl (C=O) groups is 1. The molecule has 0 radical (unpaired) electrons. The first-order valence-corrected chi connectivity index (χ1v) is 8.47. The van der Waals surface area contributed by atoms with Crippen LogP contribution in [0.15, 0.2) is 24.3 Å². The maximum absolute atomic E-state index is 11.7. The molecule has 0 fully saturated rings. The number of hydrogen-bond acceptors (Lipinski definition) is 4. The Bertz CT molecular complexity index is 542. The summed E-state index contributed by atoms with van der Waals surface area (Å²) < 4.78 is 10.4. The van der Waals surface area contributed by atoms with E-state index in [4.69, 9.17) is 15.2 Å². The summed E-state index contributed by atoms with van der Waals surface area (Å²) in [6.45, 7) is 16.2. The molecule has 0 spiro atoms. The van der Waals surface area contributed by atoms with Gasteiger partial charge in [-0.2, -0.15) is 0 Å². The van der Waals surface area contributed by atoms with E-state index in [-0.39, 0.29) is 11.0 Å². The van der Waals surface area contributed by atoms with Gasteiger partial charge >= 0.3 is 6.16 Å². The number of benzene rings is 1. The number of ether oxygens (including phenoxy) is 2. The van der Waals surface area contributed by atoms with Crippen molar-refractivity contribution < 1.29 is 14.3 Å². The highest BCUT2D eigenvalue weighted by Gasteiger charge is 2.30. The predicted molar refractivity (Wildman–Crippen MR) is 98.4 cm³/mol. The Balaban J connectivity index is 2.89. The molecule has 0 aliphatic heterocycles. The molecular formula is C20H33NO3. The maximum atomic E-state index is 11.7. The summed E-state index contributed by atoms with van der Waals surface area (Å²) in [6.07, 6.45) is 0.189. The molecule has 2 N–H and O–H groups in total. The molecule has 24 heavy (non-hydrogen) atoms. The van der Waals surface area contributed by atoms with Crippen LogP contribution >= 0.6 is 0 Å². The SMILES string of the molecule is CC(C)(N)CC(c1ccc(OC(=O)OC(C)(C)C)cc1)C(C)(C)C. The Morgan fingerprint density at radius 1 is 1.00 bits per heavy atom. The molecule has 1 atom stereocenters. The van der Waals surface area contributed by atoms with Gasteiger partial charge in [-0.05, 0) is 70.1 Å². The van der Waals surface area contributed by atoms with E-state index in [2.05, 4.69) is 20.8 Å². The predicted octanol–water partition coefficient (Wildman–Crippen LogP) is 5.26. The van der Waals surface area contributed by atoms with E-state index in [1.165, 1.54) is 5.56 Å². The van der Waals surface area contributed by atoms with Crippen molar-refractivity contribution in [1.29, 1.82) is 0 Å². The van der Waals surface area contributed by atoms with Crippen LogP contribution in [0.3, 0.4) is 0 Å². The largest absolute Gasteiger partial charge is 0.514 e. The zero-order chi connectivity index (χ0) is 18.8. The molecular weight excluding hydrogens is 302 g/mol. The molecule has 0 amide bonds. The third-order valence-corrected chi connectivity index (χ3v) is 3.65. The van der Waals surface area contributed by atoms with E-state index in [1.807, 2.05) is 38.1 Å². The second kappa shape index (κ2) is 7.14. The summed E-state index contributed by atoms with van der Waals surface area (Å²) in [5.41, 5.74) is 6.70. The quantitative estimate of drug-likeness (QED) is 0.602. The van der Waals surface area contributed by atoms with Crippen molar-refractivity contribution in [3.63, 3.8) is 0 Å². The van der Waals surface area contributed by atoms with Crippen LogP contribution in [-0.4, -0.2) is 17.3 Å². The number of carbonyl (C=O) groups excluding carboxylic acids is 1. The van der Waals surface area contributed by atoms with Gasteiger partial charge in [-0.15, -0.1) is 0 Å². The minimum atomic E-state index is -0.689. The lowest BCUT2D eigenvalue weighted by Gasteiger charge is -2.36. The molecule has 1 aromatic carbocycles. The van der Waals surface area contributed by atoms with Gasteiger partial charge in [0.2, 0.25) is 0 Å². The summed E-state index contributed by atoms with van der Waals surface area (Å²) in [6, 6.07) is 7.62. The fraction of sp³-hybridized carbons (Fsp3) is 0.650. The highest BCUT2D eigenvalue weighted by Crippen LogP contribution is 2.40. The number of nitrogens with two attached hydrogens (primary N) is 1. The molecule has 4 heteroatoms. The van der Waals surface area contributed by atoms with E-state index >= 15 is 0 Å². The highest BCUT2D eigenvalue weighted by molar-refractivity contribution is 5.64. The van der Waals surface area contributed by atoms with Gasteiger partial charge in [0.15, 0.2) is 0 Å². The Morgan fingerprint density at radius 3 is 1.88 bits per heavy atom. The van der Waals surface area contributed by atoms with Crippen LogP contribution in [0.4, 0.5) is 4.79 Å². The average Bonchev–Trinajstić information content (AvgIpc) is 2.32. The van der Waals surface area contributed by atoms with Crippen molar-refractivity contribution in [3.8, 4) is 5.75 Å². The van der Waals surface area contributed by atoms with E-state index in [1.54, 1.807) is 20.8 Å². The van der Waals surface area contributed by atoms with Crippen LogP contribution < -0.4 is 10.5 Å². The molecule has 0 bridgehead atoms. The van der Waals surface area contributed by atoms with Crippen molar-refractivity contribution in [1.82, 2.24) is 0 Å². The lowest BCUT2D eigenvalue weighted by Crippen LogP contribution is -2.37. The number of rotatable bonds is 4. The molecule has 136 valence electrons. The zero-order valence-electron chi connectivity index (χ0n) is 16.4. The van der Waals surface area contributed by atoms with Crippen LogP contribution in [0.2, 0.25) is 0 Å². The molecule has 0 aromatic heterocycles. The van der Waals surface area contributed by atoms with Crippen LogP contribution in [0.1, 0.15) is 73.3 Å². The number of hydrogen-bond donors (Lipinski definition) is 1. The van der Waals surface area contributed by atoms with E-state index in [0.717, 1.165) is 6.42 Å². The van der Waals surface area contributed by atoms with Gasteiger partial charge in [-0.3, -0.25) is 0 Å². The summed E-state index contributed by atoms with van der Waals surface area (Å²) in [4.78, 5) is 11.7. The van der Waals surface area contributed by atoms with Crippen molar-refractivity contribution in [3.05, 3.63) is 29.8 Å². The lowest BCUT2D eigenvalue weighted by atomic mass is 9.71. The Kier molecular flexibility index (Phi) is 6.10. The van der Waals surface area contributed by atoms with Crippen molar-refractivity contribution >= 4 is 6.16 Å². The molecule has 4 nitrogen and oxygen atoms in total. The Morgan fingerprint density at radius 2 is 1.50 bits per heavy atom. The molecule has 0 aliphatic carbocycles. The first-order valence-electron chi connectivity index (χ1n) is 8.47. The fourth-order valence-electron chi connectivity index (χ4n) is 2.59. The van der Waals surface area contributed by atoms with Gasteiger partial charge in [0.1, 0.15) is 11.4 Å². The Labute approximate surface area is 146 Å². The fourth-order valence-corrected chi connectivity index (χ4v) is 2.59. The van der Waals surface area contributed by atoms with Crippen LogP contribution in [-0.2, 0) is 4.74 Å². The monoisotopic (exact) mass is 335 g/mol. The van der Waals surface area contributed by atoms with Gasteiger partial charge in [0, 0.05) is 5.54 Å². The molecule has 1 aromatic rings. The van der Waals surface area contributed by atoms with Gasteiger partial charge in [0.05, 0.1) is 0 Å². The molecule has 0 aliphatic rings. The minimum Gasteiger partial charge on any atom is -0.428 e. The molecule has 1 rings (SSSR count). The molecule has 0 heterocycles. The topological polar surface area (TPSA) is 61.5 Å². The summed E-state index contributed by atoms with van der Waals surface area (Å²) >= 11 is 0. The molecule has 0 saturated heterocycles. The molecule has 0 saturated carbocycles. The average molecular weight is 335 g/mol. The second-order valence-electron chi connectivity index (χ2n) is 9.25. The van der Waals surface area contributed by atoms with E-state index in [0.29, 0.717) is 11.7 Å². The first kappa shape index (κ1) is 20.5. The Hall–Kier alpha value is -1.55. The van der Waals surface area contributed by atoms with Gasteiger partial charge < -0.3 is 15.2 Å². The first-order chi connectivity index (χ1) is 10.7. The van der Waals surface area contributed by atoms with Crippen LogP contribution in [0.5, 0.6) is 5.75 Å². The highest BCUT2D eigenvalue weighted by atomic mass is 16.7. The van der Waals surface area contributed by atoms with Gasteiger partial charge in [-0.25, -0.2) is 4.79 Å². The molecule has 1 unspecified atom stereocenters. The zero-order valence-corrected chi connectivity index (χ0v) is 16.4. The smallest absolute Gasteiger partial charge is 0.428 e. The standard InChI is InChI=1S/C20H33NO3/c1-18(2,3)16(13-20(7,8)21)14-9-11-15(12-10-14)23-17(22)24-19(4,5)6/h9-12,16H,13,21H2,1-8H3. The third-order valence-electron chi connectivity index (χ3n) is 3.65. The van der Waals surface area contributed by atoms with Crippen molar-refractivity contribution in [2.75, 3.05) is 0 Å². The summed E-state index contributed by atoms with van der Waals surface area (Å²) in [5.74, 6) is 0.792. The van der Waals surface area contributed by atoms with Crippen molar-refractivity contribution in [2.45, 2.75) is 78.9 Å². The van der Waals surface area contributed by atoms with E-state index < -0.39 is 11.8 Å². The summed E-state index contributed by atoms with van der Waals surface area (Å²) in [7, 11) is 0. The lowest BCUT2D eigenvalue weighted by molar-refractivity contribution is 0.0206. The third kappa shape index (κ3) is 7.35. The second-order valence-corrected chi connectivity index (χ2v) is 9.25. The van der Waals surface area contributed by atoms with Crippen LogP contribution in [0.25, 0.3) is 0 Å². The van der Waals surface area contributed by atoms with Crippen molar-refractivity contribution in [2.24, 2.45) is 11.1 Å². The normalized spacial score (nSPS) is 14.2. The summed E-state index contributed by atoms with van der Waals surface area (Å²) in [5, 5.41) is 0. The van der Waals surface area contributed by atoms with Gasteiger partial charge in [0.25, 0.3) is 0 Å². The van der Waals surface area contributed by atoms with Crippen LogP contribution in [0, 0.1) is 5.41 Å². The van der Waals surface area contributed by atoms with Gasteiger partial charge in [-0.1, -0.05) is 32.9 Å².